The number of hydrogen-bond acceptors (Lipinski definition) is 4. The summed E-state index contributed by atoms with van der Waals surface area (Å²) < 4.78 is 5.07. The van der Waals surface area contributed by atoms with Gasteiger partial charge in [0, 0.05) is 24.7 Å². The zero-order valence-electron chi connectivity index (χ0n) is 10.2. The van der Waals surface area contributed by atoms with Crippen molar-refractivity contribution in [2.75, 3.05) is 25.1 Å². The summed E-state index contributed by atoms with van der Waals surface area (Å²) in [5.74, 6) is 2.37. The van der Waals surface area contributed by atoms with E-state index in [4.69, 9.17) is 10.2 Å². The van der Waals surface area contributed by atoms with Gasteiger partial charge in [0.25, 0.3) is 0 Å². The minimum Gasteiger partial charge on any atom is -0.472 e. The van der Waals surface area contributed by atoms with Gasteiger partial charge >= 0.3 is 0 Å². The van der Waals surface area contributed by atoms with E-state index in [-0.39, 0.29) is 0 Å². The normalized spacial score (nSPS) is 13.2. The Labute approximate surface area is 102 Å². The molecule has 0 fully saturated rings. The molecule has 0 spiro atoms. The molecule has 0 bridgehead atoms. The molecule has 1 heterocycles. The number of furan rings is 1. The van der Waals surface area contributed by atoms with Gasteiger partial charge in [0.05, 0.1) is 12.5 Å². The topological polar surface area (TPSA) is 42.4 Å². The molecule has 1 rings (SSSR count). The van der Waals surface area contributed by atoms with Crippen molar-refractivity contribution in [3.05, 3.63) is 24.2 Å². The van der Waals surface area contributed by atoms with Crippen LogP contribution in [0.4, 0.5) is 0 Å². The summed E-state index contributed by atoms with van der Waals surface area (Å²) in [5, 5.41) is 0. The lowest BCUT2D eigenvalue weighted by atomic mass is 10.2. The second kappa shape index (κ2) is 7.76. The third kappa shape index (κ3) is 4.60. The van der Waals surface area contributed by atoms with Gasteiger partial charge in [-0.3, -0.25) is 4.90 Å². The van der Waals surface area contributed by atoms with E-state index in [1.54, 1.807) is 12.5 Å². The highest BCUT2D eigenvalue weighted by molar-refractivity contribution is 7.99. The van der Waals surface area contributed by atoms with E-state index < -0.39 is 0 Å². The molecule has 0 amide bonds. The highest BCUT2D eigenvalue weighted by atomic mass is 32.2. The van der Waals surface area contributed by atoms with Crippen molar-refractivity contribution in [2.45, 2.75) is 25.9 Å². The Morgan fingerprint density at radius 3 is 2.94 bits per heavy atom. The molecular weight excluding hydrogens is 220 g/mol. The first-order chi connectivity index (χ1) is 7.77. The van der Waals surface area contributed by atoms with Gasteiger partial charge in [-0.1, -0.05) is 6.92 Å². The first kappa shape index (κ1) is 13.6. The summed E-state index contributed by atoms with van der Waals surface area (Å²) in [6, 6.07) is 2.47. The van der Waals surface area contributed by atoms with Gasteiger partial charge in [0.2, 0.25) is 0 Å². The molecule has 2 N–H and O–H groups in total. The second-order valence-electron chi connectivity index (χ2n) is 3.92. The van der Waals surface area contributed by atoms with Crippen LogP contribution in [0.25, 0.3) is 0 Å². The van der Waals surface area contributed by atoms with Crippen molar-refractivity contribution < 1.29 is 4.42 Å². The van der Waals surface area contributed by atoms with Crippen LogP contribution in [0.15, 0.2) is 23.0 Å². The Bertz CT molecular complexity index is 264. The van der Waals surface area contributed by atoms with Gasteiger partial charge in [-0.2, -0.15) is 11.8 Å². The Balaban J connectivity index is 2.33. The zero-order chi connectivity index (χ0) is 11.8. The van der Waals surface area contributed by atoms with Crippen molar-refractivity contribution >= 4 is 11.8 Å². The third-order valence-electron chi connectivity index (χ3n) is 2.71. The van der Waals surface area contributed by atoms with Crippen LogP contribution in [-0.4, -0.2) is 36.0 Å². The van der Waals surface area contributed by atoms with E-state index in [0.717, 1.165) is 19.5 Å². The fourth-order valence-electron chi connectivity index (χ4n) is 1.68. The van der Waals surface area contributed by atoms with Gasteiger partial charge in [0.15, 0.2) is 0 Å². The molecule has 0 aromatic carbocycles. The highest BCUT2D eigenvalue weighted by Crippen LogP contribution is 2.11. The summed E-state index contributed by atoms with van der Waals surface area (Å²) in [4.78, 5) is 2.31. The molecule has 4 heteroatoms. The standard InChI is InChI=1S/C12H22N2OS/c1-3-16-7-5-12(8-13)14(2)9-11-4-6-15-10-11/h4,6,10,12H,3,5,7-9,13H2,1-2H3. The van der Waals surface area contributed by atoms with Crippen LogP contribution < -0.4 is 5.73 Å². The van der Waals surface area contributed by atoms with Gasteiger partial charge in [-0.15, -0.1) is 0 Å². The predicted molar refractivity (Wildman–Crippen MR) is 70.6 cm³/mol. The van der Waals surface area contributed by atoms with Crippen molar-refractivity contribution in [3.63, 3.8) is 0 Å². The fourth-order valence-corrected chi connectivity index (χ4v) is 2.41. The maximum absolute atomic E-state index is 5.81. The Morgan fingerprint density at radius 2 is 2.38 bits per heavy atom. The minimum atomic E-state index is 0.467. The van der Waals surface area contributed by atoms with Crippen LogP contribution in [0.1, 0.15) is 18.9 Å². The molecule has 1 atom stereocenters. The van der Waals surface area contributed by atoms with Crippen molar-refractivity contribution in [2.24, 2.45) is 5.73 Å². The van der Waals surface area contributed by atoms with Crippen LogP contribution in [0.2, 0.25) is 0 Å². The van der Waals surface area contributed by atoms with E-state index in [0.29, 0.717) is 6.04 Å². The fraction of sp³-hybridized carbons (Fsp3) is 0.667. The molecule has 1 unspecified atom stereocenters. The Morgan fingerprint density at radius 1 is 1.56 bits per heavy atom. The maximum Gasteiger partial charge on any atom is 0.0947 e. The number of nitrogens with two attached hydrogens (primary N) is 1. The first-order valence-electron chi connectivity index (χ1n) is 5.77. The highest BCUT2D eigenvalue weighted by Gasteiger charge is 2.13. The van der Waals surface area contributed by atoms with Crippen LogP contribution in [0, 0.1) is 0 Å². The van der Waals surface area contributed by atoms with Crippen LogP contribution in [0.3, 0.4) is 0 Å². The van der Waals surface area contributed by atoms with Crippen molar-refractivity contribution in [1.29, 1.82) is 0 Å². The summed E-state index contributed by atoms with van der Waals surface area (Å²) in [5.41, 5.74) is 7.02. The van der Waals surface area contributed by atoms with Gasteiger partial charge in [-0.25, -0.2) is 0 Å². The van der Waals surface area contributed by atoms with Gasteiger partial charge in [0.1, 0.15) is 0 Å². The van der Waals surface area contributed by atoms with E-state index in [1.807, 2.05) is 17.8 Å². The number of likely N-dealkylation sites (N-methyl/N-ethyl adjacent to an activating group) is 1. The summed E-state index contributed by atoms with van der Waals surface area (Å²) >= 11 is 1.98. The molecule has 0 radical (unpaired) electrons. The van der Waals surface area contributed by atoms with E-state index >= 15 is 0 Å². The van der Waals surface area contributed by atoms with E-state index in [1.165, 1.54) is 17.1 Å². The molecule has 16 heavy (non-hydrogen) atoms. The molecule has 0 aliphatic rings. The molecule has 1 aromatic rings. The van der Waals surface area contributed by atoms with E-state index in [2.05, 4.69) is 18.9 Å². The zero-order valence-corrected chi connectivity index (χ0v) is 11.0. The summed E-state index contributed by atoms with van der Waals surface area (Å²) in [6.07, 6.45) is 4.67. The molecule has 92 valence electrons. The van der Waals surface area contributed by atoms with Gasteiger partial charge in [-0.05, 0) is 31.0 Å². The summed E-state index contributed by atoms with van der Waals surface area (Å²) in [7, 11) is 2.13. The number of rotatable bonds is 8. The molecule has 0 saturated heterocycles. The smallest absolute Gasteiger partial charge is 0.0947 e. The lowest BCUT2D eigenvalue weighted by Crippen LogP contribution is -2.37. The van der Waals surface area contributed by atoms with E-state index in [9.17, 15) is 0 Å². The quantitative estimate of drug-likeness (QED) is 0.710. The van der Waals surface area contributed by atoms with Crippen LogP contribution in [-0.2, 0) is 6.54 Å². The Hall–Kier alpha value is -0.450. The van der Waals surface area contributed by atoms with Gasteiger partial charge < -0.3 is 10.2 Å². The minimum absolute atomic E-state index is 0.467. The molecule has 3 nitrogen and oxygen atoms in total. The molecule has 0 aliphatic carbocycles. The Kier molecular flexibility index (Phi) is 6.61. The van der Waals surface area contributed by atoms with Crippen LogP contribution >= 0.6 is 11.8 Å². The van der Waals surface area contributed by atoms with Crippen LogP contribution in [0.5, 0.6) is 0 Å². The molecule has 1 aromatic heterocycles. The monoisotopic (exact) mass is 242 g/mol. The molecular formula is C12H22N2OS. The SMILES string of the molecule is CCSCCC(CN)N(C)Cc1ccoc1. The average Bonchev–Trinajstić information content (AvgIpc) is 2.77. The number of thioether (sulfide) groups is 1. The number of nitrogens with zero attached hydrogens (tertiary/aromatic N) is 1. The molecule has 0 aliphatic heterocycles. The lowest BCUT2D eigenvalue weighted by molar-refractivity contribution is 0.233. The third-order valence-corrected chi connectivity index (χ3v) is 3.64. The van der Waals surface area contributed by atoms with Crippen molar-refractivity contribution in [1.82, 2.24) is 4.90 Å². The second-order valence-corrected chi connectivity index (χ2v) is 5.32. The predicted octanol–water partition coefficient (Wildman–Crippen LogP) is 2.18. The van der Waals surface area contributed by atoms with Crippen molar-refractivity contribution in [3.8, 4) is 0 Å². The average molecular weight is 242 g/mol. The molecule has 0 saturated carbocycles. The first-order valence-corrected chi connectivity index (χ1v) is 6.92. The number of hydrogen-bond donors (Lipinski definition) is 1. The maximum atomic E-state index is 5.81. The lowest BCUT2D eigenvalue weighted by Gasteiger charge is -2.26. The summed E-state index contributed by atoms with van der Waals surface area (Å²) in [6.45, 7) is 3.82. The largest absolute Gasteiger partial charge is 0.472 e.